The molecule has 1 heterocycles. The molecule has 0 saturated heterocycles. The zero-order valence-electron chi connectivity index (χ0n) is 11.8. The smallest absolute Gasteiger partial charge is 0.278 e. The molecule has 106 valence electrons. The average molecular weight is 273 g/mol. The topological polar surface area (TPSA) is 68.1 Å². The van der Waals surface area contributed by atoms with Crippen LogP contribution in [0.25, 0.3) is 10.8 Å². The van der Waals surface area contributed by atoms with Gasteiger partial charge in [0.25, 0.3) is 5.69 Å². The normalized spacial score (nSPS) is 12.5. The standard InChI is InChI=1S/C15H19N3O2/c1-3-4-12(16-2)9-11-5-6-15(18(19)20)14-10-17-8-7-13(11)14/h5-8,10,12,16H,3-4,9H2,1-2H3. The number of hydrogen-bond acceptors (Lipinski definition) is 4. The van der Waals surface area contributed by atoms with Crippen molar-refractivity contribution in [2.45, 2.75) is 32.2 Å². The summed E-state index contributed by atoms with van der Waals surface area (Å²) >= 11 is 0. The van der Waals surface area contributed by atoms with E-state index < -0.39 is 0 Å². The van der Waals surface area contributed by atoms with E-state index in [0.29, 0.717) is 11.4 Å². The van der Waals surface area contributed by atoms with Crippen molar-refractivity contribution >= 4 is 16.5 Å². The van der Waals surface area contributed by atoms with Gasteiger partial charge in [-0.2, -0.15) is 0 Å². The number of nitro groups is 1. The number of pyridine rings is 1. The molecule has 0 radical (unpaired) electrons. The molecule has 5 nitrogen and oxygen atoms in total. The van der Waals surface area contributed by atoms with Crippen LogP contribution in [0.4, 0.5) is 5.69 Å². The quantitative estimate of drug-likeness (QED) is 0.648. The van der Waals surface area contributed by atoms with Crippen LogP contribution in [0.1, 0.15) is 25.3 Å². The van der Waals surface area contributed by atoms with E-state index in [4.69, 9.17) is 0 Å². The molecule has 1 aromatic heterocycles. The Morgan fingerprint density at radius 1 is 1.35 bits per heavy atom. The third kappa shape index (κ3) is 2.93. The Balaban J connectivity index is 2.45. The molecular weight excluding hydrogens is 254 g/mol. The Kier molecular flexibility index (Phi) is 4.63. The molecule has 0 aliphatic heterocycles. The monoisotopic (exact) mass is 273 g/mol. The first kappa shape index (κ1) is 14.4. The van der Waals surface area contributed by atoms with Crippen molar-refractivity contribution in [3.63, 3.8) is 0 Å². The zero-order chi connectivity index (χ0) is 14.5. The highest BCUT2D eigenvalue weighted by molar-refractivity contribution is 5.92. The van der Waals surface area contributed by atoms with E-state index in [0.717, 1.165) is 30.2 Å². The number of benzene rings is 1. The van der Waals surface area contributed by atoms with Gasteiger partial charge >= 0.3 is 0 Å². The second kappa shape index (κ2) is 6.43. The van der Waals surface area contributed by atoms with Crippen molar-refractivity contribution in [2.75, 3.05) is 7.05 Å². The third-order valence-electron chi connectivity index (χ3n) is 3.59. The zero-order valence-corrected chi connectivity index (χ0v) is 11.8. The summed E-state index contributed by atoms with van der Waals surface area (Å²) in [4.78, 5) is 14.7. The van der Waals surface area contributed by atoms with Crippen molar-refractivity contribution in [3.8, 4) is 0 Å². The third-order valence-corrected chi connectivity index (χ3v) is 3.59. The summed E-state index contributed by atoms with van der Waals surface area (Å²) in [6, 6.07) is 5.69. The van der Waals surface area contributed by atoms with Crippen LogP contribution in [0.3, 0.4) is 0 Å². The minimum atomic E-state index is -0.352. The van der Waals surface area contributed by atoms with Gasteiger partial charge < -0.3 is 5.32 Å². The van der Waals surface area contributed by atoms with E-state index in [-0.39, 0.29) is 10.6 Å². The van der Waals surface area contributed by atoms with Gasteiger partial charge in [0.2, 0.25) is 0 Å². The first-order valence-corrected chi connectivity index (χ1v) is 6.84. The Labute approximate surface area is 118 Å². The van der Waals surface area contributed by atoms with Crippen molar-refractivity contribution in [1.29, 1.82) is 0 Å². The molecule has 0 aliphatic rings. The second-order valence-corrected chi connectivity index (χ2v) is 4.90. The maximum Gasteiger partial charge on any atom is 0.278 e. The number of hydrogen-bond donors (Lipinski definition) is 1. The number of fused-ring (bicyclic) bond motifs is 1. The van der Waals surface area contributed by atoms with E-state index >= 15 is 0 Å². The maximum atomic E-state index is 11.1. The Bertz CT molecular complexity index is 613. The molecule has 0 amide bonds. The van der Waals surface area contributed by atoms with Gasteiger partial charge in [-0.15, -0.1) is 0 Å². The lowest BCUT2D eigenvalue weighted by molar-refractivity contribution is -0.383. The highest BCUT2D eigenvalue weighted by Crippen LogP contribution is 2.28. The van der Waals surface area contributed by atoms with E-state index in [1.165, 1.54) is 0 Å². The Hall–Kier alpha value is -2.01. The summed E-state index contributed by atoms with van der Waals surface area (Å²) in [5.74, 6) is 0. The van der Waals surface area contributed by atoms with E-state index in [2.05, 4.69) is 17.2 Å². The van der Waals surface area contributed by atoms with Gasteiger partial charge in [0.15, 0.2) is 0 Å². The molecule has 0 bridgehead atoms. The van der Waals surface area contributed by atoms with Gasteiger partial charge in [0, 0.05) is 24.5 Å². The lowest BCUT2D eigenvalue weighted by Gasteiger charge is -2.16. The van der Waals surface area contributed by atoms with E-state index in [9.17, 15) is 10.1 Å². The van der Waals surface area contributed by atoms with Crippen LogP contribution in [0.5, 0.6) is 0 Å². The molecule has 2 rings (SSSR count). The highest BCUT2D eigenvalue weighted by Gasteiger charge is 2.16. The average Bonchev–Trinajstić information content (AvgIpc) is 2.46. The van der Waals surface area contributed by atoms with E-state index in [1.54, 1.807) is 18.5 Å². The second-order valence-electron chi connectivity index (χ2n) is 4.90. The summed E-state index contributed by atoms with van der Waals surface area (Å²) in [5, 5.41) is 15.9. The predicted octanol–water partition coefficient (Wildman–Crippen LogP) is 3.07. The minimum absolute atomic E-state index is 0.119. The van der Waals surface area contributed by atoms with Crippen molar-refractivity contribution < 1.29 is 4.92 Å². The molecule has 0 spiro atoms. The summed E-state index contributed by atoms with van der Waals surface area (Å²) in [7, 11) is 1.95. The van der Waals surface area contributed by atoms with Crippen LogP contribution < -0.4 is 5.32 Å². The summed E-state index contributed by atoms with van der Waals surface area (Å²) in [6.07, 6.45) is 6.32. The largest absolute Gasteiger partial charge is 0.317 e. The maximum absolute atomic E-state index is 11.1. The Morgan fingerprint density at radius 3 is 2.80 bits per heavy atom. The number of nitrogens with one attached hydrogen (secondary N) is 1. The van der Waals surface area contributed by atoms with Crippen molar-refractivity contribution in [2.24, 2.45) is 0 Å². The van der Waals surface area contributed by atoms with Crippen LogP contribution in [0, 0.1) is 10.1 Å². The molecular formula is C15H19N3O2. The van der Waals surface area contributed by atoms with Gasteiger partial charge in [-0.3, -0.25) is 15.1 Å². The van der Waals surface area contributed by atoms with Crippen LogP contribution >= 0.6 is 0 Å². The van der Waals surface area contributed by atoms with Crippen LogP contribution in [-0.2, 0) is 6.42 Å². The number of nitro benzene ring substituents is 1. The van der Waals surface area contributed by atoms with Gasteiger partial charge in [-0.1, -0.05) is 19.4 Å². The van der Waals surface area contributed by atoms with E-state index in [1.807, 2.05) is 19.2 Å². The van der Waals surface area contributed by atoms with Gasteiger partial charge in [-0.25, -0.2) is 0 Å². The molecule has 1 N–H and O–H groups in total. The molecule has 0 aliphatic carbocycles. The number of non-ortho nitro benzene ring substituents is 1. The lowest BCUT2D eigenvalue weighted by Crippen LogP contribution is -2.27. The molecule has 5 heteroatoms. The molecule has 1 unspecified atom stereocenters. The van der Waals surface area contributed by atoms with Crippen LogP contribution in [-0.4, -0.2) is 23.0 Å². The minimum Gasteiger partial charge on any atom is -0.317 e. The highest BCUT2D eigenvalue weighted by atomic mass is 16.6. The van der Waals surface area contributed by atoms with Gasteiger partial charge in [0.1, 0.15) is 0 Å². The fraction of sp³-hybridized carbons (Fsp3) is 0.400. The lowest BCUT2D eigenvalue weighted by atomic mass is 9.97. The molecule has 0 fully saturated rings. The van der Waals surface area contributed by atoms with Crippen molar-refractivity contribution in [1.82, 2.24) is 10.3 Å². The SMILES string of the molecule is CCCC(Cc1ccc([N+](=O)[O-])c2cnccc12)NC. The van der Waals surface area contributed by atoms with Gasteiger partial charge in [0.05, 0.1) is 10.3 Å². The number of nitrogens with zero attached hydrogens (tertiary/aromatic N) is 2. The summed E-state index contributed by atoms with van der Waals surface area (Å²) in [6.45, 7) is 2.15. The summed E-state index contributed by atoms with van der Waals surface area (Å²) < 4.78 is 0. The first-order chi connectivity index (χ1) is 9.67. The van der Waals surface area contributed by atoms with Gasteiger partial charge in [-0.05, 0) is 36.9 Å². The molecule has 2 aromatic rings. The molecule has 1 atom stereocenters. The Morgan fingerprint density at radius 2 is 2.15 bits per heavy atom. The number of aromatic nitrogens is 1. The molecule has 1 aromatic carbocycles. The fourth-order valence-corrected chi connectivity index (χ4v) is 2.54. The van der Waals surface area contributed by atoms with Crippen LogP contribution in [0.2, 0.25) is 0 Å². The fourth-order valence-electron chi connectivity index (χ4n) is 2.54. The number of rotatable bonds is 6. The van der Waals surface area contributed by atoms with Crippen LogP contribution in [0.15, 0.2) is 30.6 Å². The first-order valence-electron chi connectivity index (χ1n) is 6.84. The molecule has 0 saturated carbocycles. The number of likely N-dealkylation sites (N-methyl/N-ethyl adjacent to an activating group) is 1. The molecule has 20 heavy (non-hydrogen) atoms. The summed E-state index contributed by atoms with van der Waals surface area (Å²) in [5.41, 5.74) is 1.24. The predicted molar refractivity (Wildman–Crippen MR) is 79.9 cm³/mol. The van der Waals surface area contributed by atoms with Crippen molar-refractivity contribution in [3.05, 3.63) is 46.3 Å².